The van der Waals surface area contributed by atoms with Crippen molar-refractivity contribution in [3.8, 4) is 5.75 Å². The lowest BCUT2D eigenvalue weighted by atomic mass is 9.78. The molecule has 1 saturated heterocycles. The first-order chi connectivity index (χ1) is 11.5. The smallest absolute Gasteiger partial charge is 0.253 e. The van der Waals surface area contributed by atoms with Crippen LogP contribution in [0.5, 0.6) is 5.75 Å². The van der Waals surface area contributed by atoms with Crippen LogP contribution in [0.2, 0.25) is 0 Å². The van der Waals surface area contributed by atoms with Crippen molar-refractivity contribution in [3.05, 3.63) is 29.3 Å². The molecule has 2 fully saturated rings. The van der Waals surface area contributed by atoms with Gasteiger partial charge in [0.2, 0.25) is 0 Å². The fourth-order valence-corrected chi connectivity index (χ4v) is 3.74. The molecule has 132 valence electrons. The maximum atomic E-state index is 12.8. The van der Waals surface area contributed by atoms with Crippen molar-refractivity contribution in [3.63, 3.8) is 0 Å². The molecule has 1 saturated carbocycles. The number of β-amino-alcohol motifs (C(OH)–C–C–N with tert-alkyl or cyclic N) is 1. The minimum Gasteiger partial charge on any atom is -0.496 e. The number of ether oxygens (including phenoxy) is 1. The van der Waals surface area contributed by atoms with Crippen molar-refractivity contribution in [2.75, 3.05) is 33.8 Å². The predicted octanol–water partition coefficient (Wildman–Crippen LogP) is 1.92. The van der Waals surface area contributed by atoms with Gasteiger partial charge in [-0.2, -0.15) is 0 Å². The normalized spacial score (nSPS) is 20.2. The van der Waals surface area contributed by atoms with E-state index in [4.69, 9.17) is 4.74 Å². The maximum absolute atomic E-state index is 12.8. The lowest BCUT2D eigenvalue weighted by Gasteiger charge is -2.48. The van der Waals surface area contributed by atoms with Crippen LogP contribution in [0.25, 0.3) is 0 Å². The molecule has 2 aliphatic rings. The average Bonchev–Trinajstić information content (AvgIpc) is 2.48. The number of hydrogen-bond acceptors (Lipinski definition) is 4. The van der Waals surface area contributed by atoms with E-state index in [1.165, 1.54) is 19.3 Å². The standard InChI is InChI=1S/C19H28N2O3/c1-13-9-15(7-8-18(13)24-3)19(23)20(2)12-17(14-5-4-6-14)21-10-16(22)11-21/h7-9,14,16-17,22H,4-6,10-12H2,1-3H3. The zero-order valence-electron chi connectivity index (χ0n) is 14.9. The minimum atomic E-state index is -0.196. The number of aryl methyl sites for hydroxylation is 1. The van der Waals surface area contributed by atoms with Crippen LogP contribution < -0.4 is 4.74 Å². The number of likely N-dealkylation sites (tertiary alicyclic amines) is 1. The van der Waals surface area contributed by atoms with Crippen molar-refractivity contribution < 1.29 is 14.6 Å². The first-order valence-corrected chi connectivity index (χ1v) is 8.82. The largest absolute Gasteiger partial charge is 0.496 e. The average molecular weight is 332 g/mol. The van der Waals surface area contributed by atoms with Crippen molar-refractivity contribution in [1.82, 2.24) is 9.80 Å². The van der Waals surface area contributed by atoms with Crippen LogP contribution in [0.1, 0.15) is 35.2 Å². The fourth-order valence-electron chi connectivity index (χ4n) is 3.74. The number of hydrogen-bond donors (Lipinski definition) is 1. The molecule has 1 aromatic carbocycles. The number of benzene rings is 1. The van der Waals surface area contributed by atoms with Gasteiger partial charge in [0.25, 0.3) is 5.91 Å². The van der Waals surface area contributed by atoms with Gasteiger partial charge in [-0.3, -0.25) is 9.69 Å². The SMILES string of the molecule is COc1ccc(C(=O)N(C)CC(C2CCC2)N2CC(O)C2)cc1C. The lowest BCUT2D eigenvalue weighted by Crippen LogP contribution is -2.61. The molecular weight excluding hydrogens is 304 g/mol. The van der Waals surface area contributed by atoms with E-state index >= 15 is 0 Å². The van der Waals surface area contributed by atoms with Crippen LogP contribution in [0.4, 0.5) is 0 Å². The number of amides is 1. The Hall–Kier alpha value is -1.59. The fraction of sp³-hybridized carbons (Fsp3) is 0.632. The second-order valence-corrected chi connectivity index (χ2v) is 7.24. The van der Waals surface area contributed by atoms with Gasteiger partial charge in [0, 0.05) is 38.3 Å². The molecule has 1 atom stereocenters. The van der Waals surface area contributed by atoms with Crippen LogP contribution in [0, 0.1) is 12.8 Å². The van der Waals surface area contributed by atoms with Gasteiger partial charge in [0.15, 0.2) is 0 Å². The molecule has 1 heterocycles. The summed E-state index contributed by atoms with van der Waals surface area (Å²) in [6.45, 7) is 4.16. The summed E-state index contributed by atoms with van der Waals surface area (Å²) in [5, 5.41) is 9.61. The summed E-state index contributed by atoms with van der Waals surface area (Å²) in [6, 6.07) is 5.95. The number of carbonyl (C=O) groups excluding carboxylic acids is 1. The van der Waals surface area contributed by atoms with Crippen LogP contribution in [-0.4, -0.2) is 66.8 Å². The molecule has 1 unspecified atom stereocenters. The molecule has 1 aliphatic heterocycles. The Bertz CT molecular complexity index is 594. The highest BCUT2D eigenvalue weighted by Crippen LogP contribution is 2.34. The molecule has 0 bridgehead atoms. The van der Waals surface area contributed by atoms with Gasteiger partial charge < -0.3 is 14.7 Å². The minimum absolute atomic E-state index is 0.0474. The topological polar surface area (TPSA) is 53.0 Å². The molecule has 1 N–H and O–H groups in total. The Morgan fingerprint density at radius 3 is 2.62 bits per heavy atom. The molecule has 24 heavy (non-hydrogen) atoms. The number of aliphatic hydroxyl groups excluding tert-OH is 1. The van der Waals surface area contributed by atoms with Gasteiger partial charge in [0.05, 0.1) is 13.2 Å². The molecule has 1 amide bonds. The number of methoxy groups -OCH3 is 1. The summed E-state index contributed by atoms with van der Waals surface area (Å²) in [5.74, 6) is 1.51. The zero-order chi connectivity index (χ0) is 17.3. The van der Waals surface area contributed by atoms with E-state index in [0.29, 0.717) is 17.5 Å². The Labute approximate surface area is 144 Å². The molecule has 0 aromatic heterocycles. The number of carbonyl (C=O) groups is 1. The molecule has 0 spiro atoms. The van der Waals surface area contributed by atoms with Crippen LogP contribution in [-0.2, 0) is 0 Å². The van der Waals surface area contributed by atoms with E-state index < -0.39 is 0 Å². The first kappa shape index (κ1) is 17.2. The highest BCUT2D eigenvalue weighted by molar-refractivity contribution is 5.94. The van der Waals surface area contributed by atoms with Crippen LogP contribution in [0.3, 0.4) is 0 Å². The second kappa shape index (κ2) is 7.11. The third kappa shape index (κ3) is 3.42. The third-order valence-electron chi connectivity index (χ3n) is 5.50. The highest BCUT2D eigenvalue weighted by Gasteiger charge is 2.38. The van der Waals surface area contributed by atoms with E-state index in [1.807, 2.05) is 37.1 Å². The summed E-state index contributed by atoms with van der Waals surface area (Å²) in [4.78, 5) is 16.9. The highest BCUT2D eigenvalue weighted by atomic mass is 16.5. The second-order valence-electron chi connectivity index (χ2n) is 7.24. The molecular formula is C19H28N2O3. The molecule has 3 rings (SSSR count). The van der Waals surface area contributed by atoms with Gasteiger partial charge in [-0.1, -0.05) is 6.42 Å². The molecule has 1 aliphatic carbocycles. The third-order valence-corrected chi connectivity index (χ3v) is 5.50. The molecule has 5 nitrogen and oxygen atoms in total. The summed E-state index contributed by atoms with van der Waals surface area (Å²) < 4.78 is 5.27. The summed E-state index contributed by atoms with van der Waals surface area (Å²) in [6.07, 6.45) is 3.56. The van der Waals surface area contributed by atoms with Crippen molar-refractivity contribution >= 4 is 5.91 Å². The van der Waals surface area contributed by atoms with Crippen molar-refractivity contribution in [2.45, 2.75) is 38.3 Å². The van der Waals surface area contributed by atoms with E-state index in [2.05, 4.69) is 4.90 Å². The maximum Gasteiger partial charge on any atom is 0.253 e. The van der Waals surface area contributed by atoms with Gasteiger partial charge in [0.1, 0.15) is 5.75 Å². The van der Waals surface area contributed by atoms with Gasteiger partial charge >= 0.3 is 0 Å². The number of nitrogens with zero attached hydrogens (tertiary/aromatic N) is 2. The van der Waals surface area contributed by atoms with Gasteiger partial charge in [-0.05, 0) is 49.4 Å². The van der Waals surface area contributed by atoms with Crippen molar-refractivity contribution in [2.24, 2.45) is 5.92 Å². The summed E-state index contributed by atoms with van der Waals surface area (Å²) in [7, 11) is 3.52. The summed E-state index contributed by atoms with van der Waals surface area (Å²) in [5.41, 5.74) is 1.67. The first-order valence-electron chi connectivity index (χ1n) is 8.82. The Morgan fingerprint density at radius 2 is 2.12 bits per heavy atom. The quantitative estimate of drug-likeness (QED) is 0.865. The monoisotopic (exact) mass is 332 g/mol. The molecule has 0 radical (unpaired) electrons. The van der Waals surface area contributed by atoms with E-state index in [9.17, 15) is 9.90 Å². The number of rotatable bonds is 6. The van der Waals surface area contributed by atoms with E-state index in [-0.39, 0.29) is 12.0 Å². The Morgan fingerprint density at radius 1 is 1.42 bits per heavy atom. The molecule has 1 aromatic rings. The van der Waals surface area contributed by atoms with Crippen LogP contribution in [0.15, 0.2) is 18.2 Å². The number of aliphatic hydroxyl groups is 1. The van der Waals surface area contributed by atoms with E-state index in [0.717, 1.165) is 30.9 Å². The predicted molar refractivity (Wildman–Crippen MR) is 93.4 cm³/mol. The molecule has 5 heteroatoms. The number of likely N-dealkylation sites (N-methyl/N-ethyl adjacent to an activating group) is 1. The Kier molecular flexibility index (Phi) is 5.11. The van der Waals surface area contributed by atoms with Gasteiger partial charge in [-0.15, -0.1) is 0 Å². The van der Waals surface area contributed by atoms with Crippen LogP contribution >= 0.6 is 0 Å². The van der Waals surface area contributed by atoms with E-state index in [1.54, 1.807) is 7.11 Å². The zero-order valence-corrected chi connectivity index (χ0v) is 14.9. The van der Waals surface area contributed by atoms with Crippen molar-refractivity contribution in [1.29, 1.82) is 0 Å². The lowest BCUT2D eigenvalue weighted by molar-refractivity contribution is -0.0555. The Balaban J connectivity index is 1.66. The van der Waals surface area contributed by atoms with Gasteiger partial charge in [-0.25, -0.2) is 0 Å². The summed E-state index contributed by atoms with van der Waals surface area (Å²) >= 11 is 0.